The van der Waals surface area contributed by atoms with E-state index in [4.69, 9.17) is 0 Å². The highest BCUT2D eigenvalue weighted by molar-refractivity contribution is 5.88. The van der Waals surface area contributed by atoms with E-state index in [2.05, 4.69) is 12.1 Å². The van der Waals surface area contributed by atoms with Crippen molar-refractivity contribution in [3.63, 3.8) is 0 Å². The van der Waals surface area contributed by atoms with Crippen molar-refractivity contribution in [3.8, 4) is 0 Å². The highest BCUT2D eigenvalue weighted by Gasteiger charge is 2.27. The summed E-state index contributed by atoms with van der Waals surface area (Å²) in [4.78, 5) is 23.7. The van der Waals surface area contributed by atoms with Crippen LogP contribution in [0.5, 0.6) is 0 Å². The van der Waals surface area contributed by atoms with E-state index < -0.39 is 11.5 Å². The van der Waals surface area contributed by atoms with Crippen LogP contribution in [0.25, 0.3) is 0 Å². The summed E-state index contributed by atoms with van der Waals surface area (Å²) < 4.78 is 1.59. The molecule has 1 aromatic heterocycles. The molecule has 0 bridgehead atoms. The molecule has 1 aliphatic rings. The summed E-state index contributed by atoms with van der Waals surface area (Å²) in [6.07, 6.45) is 0.943. The first kappa shape index (κ1) is 13.6. The van der Waals surface area contributed by atoms with Gasteiger partial charge in [-0.25, -0.2) is 4.79 Å². The summed E-state index contributed by atoms with van der Waals surface area (Å²) in [5.41, 5.74) is 3.40. The third-order valence-corrected chi connectivity index (χ3v) is 4.28. The van der Waals surface area contributed by atoms with E-state index in [9.17, 15) is 14.7 Å². The van der Waals surface area contributed by atoms with Crippen LogP contribution in [0.2, 0.25) is 0 Å². The number of aromatic nitrogens is 1. The molecule has 108 valence electrons. The summed E-state index contributed by atoms with van der Waals surface area (Å²) in [6.45, 7) is 4.06. The zero-order valence-corrected chi connectivity index (χ0v) is 12.1. The lowest BCUT2D eigenvalue weighted by Gasteiger charge is -2.31. The number of fused-ring (bicyclic) bond motifs is 1. The molecule has 1 aromatic carbocycles. The minimum absolute atomic E-state index is 0.117. The molecule has 0 saturated heterocycles. The Morgan fingerprint density at radius 3 is 2.71 bits per heavy atom. The molecule has 1 N–H and O–H groups in total. The van der Waals surface area contributed by atoms with Gasteiger partial charge >= 0.3 is 5.97 Å². The van der Waals surface area contributed by atoms with E-state index >= 15 is 0 Å². The van der Waals surface area contributed by atoms with Gasteiger partial charge < -0.3 is 9.67 Å². The van der Waals surface area contributed by atoms with Crippen molar-refractivity contribution >= 4 is 5.97 Å². The van der Waals surface area contributed by atoms with Gasteiger partial charge in [0.05, 0.1) is 0 Å². The number of aryl methyl sites for hydroxylation is 2. The number of benzene rings is 1. The molecule has 0 aliphatic heterocycles. The molecule has 1 unspecified atom stereocenters. The van der Waals surface area contributed by atoms with E-state index in [-0.39, 0.29) is 5.56 Å². The topological polar surface area (TPSA) is 59.3 Å². The number of carboxylic acids is 1. The largest absolute Gasteiger partial charge is 0.477 e. The van der Waals surface area contributed by atoms with Gasteiger partial charge in [-0.05, 0) is 43.0 Å². The lowest BCUT2D eigenvalue weighted by molar-refractivity contribution is 0.0693. The molecule has 1 atom stereocenters. The normalized spacial score (nSPS) is 16.2. The minimum atomic E-state index is -1.15. The molecule has 0 radical (unpaired) electrons. The van der Waals surface area contributed by atoms with E-state index in [0.717, 1.165) is 12.1 Å². The second-order valence-corrected chi connectivity index (χ2v) is 5.66. The molecule has 2 aromatic rings. The zero-order chi connectivity index (χ0) is 15.1. The molecule has 4 nitrogen and oxygen atoms in total. The first-order valence-corrected chi connectivity index (χ1v) is 7.01. The van der Waals surface area contributed by atoms with Crippen molar-refractivity contribution in [1.29, 1.82) is 0 Å². The Morgan fingerprint density at radius 1 is 1.33 bits per heavy atom. The van der Waals surface area contributed by atoms with Crippen LogP contribution >= 0.6 is 0 Å². The Bertz CT molecular complexity index is 789. The molecule has 0 amide bonds. The van der Waals surface area contributed by atoms with Crippen molar-refractivity contribution in [1.82, 2.24) is 4.57 Å². The van der Waals surface area contributed by atoms with Gasteiger partial charge in [-0.1, -0.05) is 24.3 Å². The molecular formula is C17H17NO3. The predicted molar refractivity (Wildman–Crippen MR) is 80.0 cm³/mol. The summed E-state index contributed by atoms with van der Waals surface area (Å²) >= 11 is 0. The van der Waals surface area contributed by atoms with Crippen molar-refractivity contribution in [3.05, 3.63) is 68.6 Å². The average molecular weight is 283 g/mol. The second kappa shape index (κ2) is 4.88. The van der Waals surface area contributed by atoms with E-state index in [0.29, 0.717) is 18.0 Å². The van der Waals surface area contributed by atoms with Crippen LogP contribution < -0.4 is 5.56 Å². The number of carbonyl (C=O) groups is 1. The fourth-order valence-corrected chi connectivity index (χ4v) is 3.16. The molecule has 21 heavy (non-hydrogen) atoms. The van der Waals surface area contributed by atoms with Crippen LogP contribution in [0.1, 0.15) is 38.7 Å². The third-order valence-electron chi connectivity index (χ3n) is 4.28. The minimum Gasteiger partial charge on any atom is -0.477 e. The Kier molecular flexibility index (Phi) is 3.16. The zero-order valence-electron chi connectivity index (χ0n) is 12.1. The summed E-state index contributed by atoms with van der Waals surface area (Å²) in [7, 11) is 0. The first-order chi connectivity index (χ1) is 9.99. The van der Waals surface area contributed by atoms with Gasteiger partial charge in [0.15, 0.2) is 0 Å². The fourth-order valence-electron chi connectivity index (χ4n) is 3.16. The number of carboxylic acid groups (broad SMARTS) is 1. The smallest absolute Gasteiger partial charge is 0.341 e. The van der Waals surface area contributed by atoms with Crippen molar-refractivity contribution in [2.75, 3.05) is 0 Å². The molecule has 0 spiro atoms. The van der Waals surface area contributed by atoms with Crippen LogP contribution in [0, 0.1) is 13.8 Å². The van der Waals surface area contributed by atoms with Gasteiger partial charge in [0, 0.05) is 18.2 Å². The number of rotatable bonds is 3. The predicted octanol–water partition coefficient (Wildman–Crippen LogP) is 2.50. The van der Waals surface area contributed by atoms with Gasteiger partial charge in [0.1, 0.15) is 5.56 Å². The lowest BCUT2D eigenvalue weighted by Crippen LogP contribution is -2.33. The Hall–Kier alpha value is -2.36. The van der Waals surface area contributed by atoms with Gasteiger partial charge in [-0.15, -0.1) is 0 Å². The van der Waals surface area contributed by atoms with Crippen LogP contribution in [-0.4, -0.2) is 15.6 Å². The van der Waals surface area contributed by atoms with Gasteiger partial charge in [-0.2, -0.15) is 0 Å². The number of pyridine rings is 1. The van der Waals surface area contributed by atoms with Crippen molar-refractivity contribution in [2.24, 2.45) is 0 Å². The van der Waals surface area contributed by atoms with Gasteiger partial charge in [-0.3, -0.25) is 4.79 Å². The van der Waals surface area contributed by atoms with Gasteiger partial charge in [0.25, 0.3) is 5.56 Å². The van der Waals surface area contributed by atoms with Crippen molar-refractivity contribution in [2.45, 2.75) is 32.7 Å². The maximum Gasteiger partial charge on any atom is 0.341 e. The second-order valence-electron chi connectivity index (χ2n) is 5.66. The molecule has 1 heterocycles. The van der Waals surface area contributed by atoms with Crippen LogP contribution in [0.4, 0.5) is 0 Å². The maximum atomic E-state index is 12.4. The standard InChI is InChI=1S/C17H17NO3/c1-10-7-11(2)18(16(19)15(10)17(20)21)9-13-8-12-5-3-4-6-14(12)13/h3-7,13H,8-9H2,1-2H3,(H,20,21). The SMILES string of the molecule is Cc1cc(C)n(CC2Cc3ccccc32)c(=O)c1C(=O)O. The molecule has 0 fully saturated rings. The van der Waals surface area contributed by atoms with E-state index in [1.54, 1.807) is 17.6 Å². The Labute approximate surface area is 122 Å². The average Bonchev–Trinajstić information content (AvgIpc) is 2.38. The molecule has 1 aliphatic carbocycles. The summed E-state index contributed by atoms with van der Waals surface area (Å²) in [6, 6.07) is 9.96. The molecular weight excluding hydrogens is 266 g/mol. The Balaban J connectivity index is 2.00. The quantitative estimate of drug-likeness (QED) is 0.941. The summed E-state index contributed by atoms with van der Waals surface area (Å²) in [5.74, 6) is -0.859. The maximum absolute atomic E-state index is 12.4. The molecule has 4 heteroatoms. The van der Waals surface area contributed by atoms with E-state index in [1.807, 2.05) is 19.1 Å². The van der Waals surface area contributed by atoms with Crippen molar-refractivity contribution < 1.29 is 9.90 Å². The number of aromatic carboxylic acids is 1. The number of hydrogen-bond acceptors (Lipinski definition) is 2. The van der Waals surface area contributed by atoms with Crippen LogP contribution in [0.3, 0.4) is 0 Å². The van der Waals surface area contributed by atoms with Crippen LogP contribution in [-0.2, 0) is 13.0 Å². The highest BCUT2D eigenvalue weighted by atomic mass is 16.4. The first-order valence-electron chi connectivity index (χ1n) is 7.01. The lowest BCUT2D eigenvalue weighted by atomic mass is 9.77. The van der Waals surface area contributed by atoms with Gasteiger partial charge in [0.2, 0.25) is 0 Å². The van der Waals surface area contributed by atoms with E-state index in [1.165, 1.54) is 11.1 Å². The summed E-state index contributed by atoms with van der Waals surface area (Å²) in [5, 5.41) is 9.21. The number of hydrogen-bond donors (Lipinski definition) is 1. The fraction of sp³-hybridized carbons (Fsp3) is 0.294. The third kappa shape index (κ3) is 2.17. The highest BCUT2D eigenvalue weighted by Crippen LogP contribution is 2.35. The molecule has 0 saturated carbocycles. The molecule has 3 rings (SSSR count). The Morgan fingerprint density at radius 2 is 2.05 bits per heavy atom. The monoisotopic (exact) mass is 283 g/mol. The van der Waals surface area contributed by atoms with Crippen LogP contribution in [0.15, 0.2) is 35.1 Å². The number of nitrogens with zero attached hydrogens (tertiary/aromatic N) is 1.